The molecule has 0 aliphatic carbocycles. The highest BCUT2D eigenvalue weighted by atomic mass is 32.2. The summed E-state index contributed by atoms with van der Waals surface area (Å²) in [6.07, 6.45) is -4.69. The number of halogens is 3. The molecule has 134 valence electrons. The zero-order valence-electron chi connectivity index (χ0n) is 13.3. The Morgan fingerprint density at radius 3 is 2.60 bits per heavy atom. The van der Waals surface area contributed by atoms with Crippen LogP contribution in [0.2, 0.25) is 0 Å². The molecule has 0 fully saturated rings. The Hall–Kier alpha value is -2.08. The summed E-state index contributed by atoms with van der Waals surface area (Å²) in [5, 5.41) is 6.46. The average Bonchev–Trinajstić information content (AvgIpc) is 3.00. The molecule has 0 aliphatic heterocycles. The molecule has 3 aromatic heterocycles. The lowest BCUT2D eigenvalue weighted by Gasteiger charge is -2.10. The van der Waals surface area contributed by atoms with Gasteiger partial charge in [0.1, 0.15) is 10.7 Å². The van der Waals surface area contributed by atoms with E-state index < -0.39 is 17.3 Å². The zero-order chi connectivity index (χ0) is 18.5. The first-order valence-corrected chi connectivity index (χ1v) is 8.73. The van der Waals surface area contributed by atoms with E-state index in [0.29, 0.717) is 20.7 Å². The summed E-state index contributed by atoms with van der Waals surface area (Å²) in [6.45, 7) is 5.43. The third kappa shape index (κ3) is 3.11. The van der Waals surface area contributed by atoms with Gasteiger partial charge in [0, 0.05) is 4.88 Å². The fourth-order valence-corrected chi connectivity index (χ4v) is 4.09. The van der Waals surface area contributed by atoms with Gasteiger partial charge in [-0.05, 0) is 26.3 Å². The SMILES string of the molecule is Cc1sc2nc([C@H](C)Sc3nnc(C(F)(F)F)n3N)[nH]c(=O)c2c1C. The van der Waals surface area contributed by atoms with Crippen LogP contribution in [0.15, 0.2) is 9.95 Å². The molecule has 0 bridgehead atoms. The van der Waals surface area contributed by atoms with Crippen molar-refractivity contribution in [2.24, 2.45) is 0 Å². The normalized spacial score (nSPS) is 13.5. The summed E-state index contributed by atoms with van der Waals surface area (Å²) in [7, 11) is 0. The molecule has 25 heavy (non-hydrogen) atoms. The number of aromatic amines is 1. The maximum Gasteiger partial charge on any atom is 0.453 e. The molecule has 0 radical (unpaired) electrons. The third-order valence-electron chi connectivity index (χ3n) is 3.64. The Morgan fingerprint density at radius 2 is 2.00 bits per heavy atom. The second-order valence-corrected chi connectivity index (χ2v) is 7.86. The first-order valence-electron chi connectivity index (χ1n) is 7.04. The number of thioether (sulfide) groups is 1. The summed E-state index contributed by atoms with van der Waals surface area (Å²) in [5.74, 6) is 4.47. The number of hydrogen-bond acceptors (Lipinski definition) is 7. The topological polar surface area (TPSA) is 102 Å². The van der Waals surface area contributed by atoms with E-state index in [2.05, 4.69) is 20.2 Å². The van der Waals surface area contributed by atoms with Crippen LogP contribution in [0, 0.1) is 13.8 Å². The van der Waals surface area contributed by atoms with E-state index >= 15 is 0 Å². The van der Waals surface area contributed by atoms with Gasteiger partial charge in [-0.2, -0.15) is 13.2 Å². The van der Waals surface area contributed by atoms with Crippen LogP contribution >= 0.6 is 23.1 Å². The summed E-state index contributed by atoms with van der Waals surface area (Å²) in [6, 6.07) is 0. The number of rotatable bonds is 3. The van der Waals surface area contributed by atoms with Crippen molar-refractivity contribution in [2.45, 2.75) is 37.4 Å². The first-order chi connectivity index (χ1) is 11.6. The molecular formula is C13H13F3N6OS2. The molecule has 0 amide bonds. The minimum absolute atomic E-state index is 0.124. The number of nitrogens with one attached hydrogen (secondary N) is 1. The first kappa shape index (κ1) is 17.7. The quantitative estimate of drug-likeness (QED) is 0.527. The molecule has 3 rings (SSSR count). The Bertz CT molecular complexity index is 1010. The summed E-state index contributed by atoms with van der Waals surface area (Å²) in [5.41, 5.74) is 0.594. The van der Waals surface area contributed by atoms with Gasteiger partial charge in [0.05, 0.1) is 10.6 Å². The van der Waals surface area contributed by atoms with Crippen LogP contribution in [0.3, 0.4) is 0 Å². The third-order valence-corrected chi connectivity index (χ3v) is 5.81. The predicted molar refractivity (Wildman–Crippen MR) is 89.2 cm³/mol. The number of thiophene rings is 1. The summed E-state index contributed by atoms with van der Waals surface area (Å²) >= 11 is 2.32. The van der Waals surface area contributed by atoms with E-state index in [4.69, 9.17) is 5.84 Å². The van der Waals surface area contributed by atoms with Crippen molar-refractivity contribution in [3.63, 3.8) is 0 Å². The van der Waals surface area contributed by atoms with E-state index in [1.807, 2.05) is 13.8 Å². The van der Waals surface area contributed by atoms with Crippen molar-refractivity contribution >= 4 is 33.3 Å². The van der Waals surface area contributed by atoms with Gasteiger partial charge in [-0.25, -0.2) is 9.66 Å². The van der Waals surface area contributed by atoms with Crippen molar-refractivity contribution in [3.05, 3.63) is 32.4 Å². The monoisotopic (exact) mass is 390 g/mol. The fraction of sp³-hybridized carbons (Fsp3) is 0.385. The Balaban J connectivity index is 1.94. The van der Waals surface area contributed by atoms with Crippen molar-refractivity contribution in [1.29, 1.82) is 0 Å². The fourth-order valence-electron chi connectivity index (χ4n) is 2.23. The molecule has 1 atom stereocenters. The standard InChI is InChI=1S/C13H13F3N6OS2/c1-4-5(2)24-10-7(4)9(23)18-8(19-10)6(3)25-12-21-20-11(22(12)17)13(14,15)16/h6H,17H2,1-3H3,(H,18,19,23)/t6-/m0/s1. The van der Waals surface area contributed by atoms with Crippen molar-refractivity contribution in [1.82, 2.24) is 24.8 Å². The second kappa shape index (κ2) is 6.02. The number of nitrogens with zero attached hydrogens (tertiary/aromatic N) is 4. The van der Waals surface area contributed by atoms with Crippen molar-refractivity contribution in [3.8, 4) is 0 Å². The van der Waals surface area contributed by atoms with E-state index in [1.54, 1.807) is 6.92 Å². The Morgan fingerprint density at radius 1 is 1.32 bits per heavy atom. The zero-order valence-corrected chi connectivity index (χ0v) is 14.9. The summed E-state index contributed by atoms with van der Waals surface area (Å²) in [4.78, 5) is 21.0. The van der Waals surface area contributed by atoms with Crippen LogP contribution in [0.1, 0.15) is 34.3 Å². The van der Waals surface area contributed by atoms with E-state index in [1.165, 1.54) is 11.3 Å². The Labute approximate surface area is 147 Å². The van der Waals surface area contributed by atoms with Gasteiger partial charge in [-0.1, -0.05) is 11.8 Å². The van der Waals surface area contributed by atoms with Crippen molar-refractivity contribution in [2.75, 3.05) is 5.84 Å². The van der Waals surface area contributed by atoms with Gasteiger partial charge in [0.2, 0.25) is 5.16 Å². The molecule has 3 heterocycles. The highest BCUT2D eigenvalue weighted by Gasteiger charge is 2.38. The van der Waals surface area contributed by atoms with Gasteiger partial charge in [-0.3, -0.25) is 4.79 Å². The van der Waals surface area contributed by atoms with Gasteiger partial charge < -0.3 is 10.8 Å². The highest BCUT2D eigenvalue weighted by molar-refractivity contribution is 7.99. The minimum atomic E-state index is -4.69. The van der Waals surface area contributed by atoms with Crippen LogP contribution in [0.4, 0.5) is 13.2 Å². The van der Waals surface area contributed by atoms with Crippen LogP contribution in [0.5, 0.6) is 0 Å². The number of hydrogen-bond donors (Lipinski definition) is 2. The average molecular weight is 390 g/mol. The van der Waals surface area contributed by atoms with Gasteiger partial charge in [0.15, 0.2) is 0 Å². The number of nitrogen functional groups attached to an aromatic ring is 1. The molecule has 0 aromatic carbocycles. The minimum Gasteiger partial charge on any atom is -0.335 e. The molecule has 7 nitrogen and oxygen atoms in total. The van der Waals surface area contributed by atoms with E-state index in [0.717, 1.165) is 22.2 Å². The molecule has 0 saturated carbocycles. The molecular weight excluding hydrogens is 377 g/mol. The number of H-pyrrole nitrogens is 1. The van der Waals surface area contributed by atoms with Gasteiger partial charge >= 0.3 is 6.18 Å². The van der Waals surface area contributed by atoms with Crippen molar-refractivity contribution < 1.29 is 13.2 Å². The molecule has 0 unspecified atom stereocenters. The van der Waals surface area contributed by atoms with E-state index in [-0.39, 0.29) is 10.7 Å². The maximum atomic E-state index is 12.7. The lowest BCUT2D eigenvalue weighted by Crippen LogP contribution is -2.21. The van der Waals surface area contributed by atoms with Crippen LogP contribution in [-0.4, -0.2) is 24.8 Å². The largest absolute Gasteiger partial charge is 0.453 e. The smallest absolute Gasteiger partial charge is 0.335 e. The van der Waals surface area contributed by atoms with E-state index in [9.17, 15) is 18.0 Å². The number of fused-ring (bicyclic) bond motifs is 1. The summed E-state index contributed by atoms with van der Waals surface area (Å²) < 4.78 is 38.5. The number of alkyl halides is 3. The molecule has 12 heteroatoms. The second-order valence-electron chi connectivity index (χ2n) is 5.35. The predicted octanol–water partition coefficient (Wildman–Crippen LogP) is 2.78. The lowest BCUT2D eigenvalue weighted by atomic mass is 10.2. The van der Waals surface area contributed by atoms with Crippen LogP contribution < -0.4 is 11.4 Å². The molecule has 3 aromatic rings. The lowest BCUT2D eigenvalue weighted by molar-refractivity contribution is -0.146. The highest BCUT2D eigenvalue weighted by Crippen LogP contribution is 2.35. The number of aryl methyl sites for hydroxylation is 2. The van der Waals surface area contributed by atoms with Crippen LogP contribution in [-0.2, 0) is 6.18 Å². The van der Waals surface area contributed by atoms with Gasteiger partial charge in [-0.15, -0.1) is 21.5 Å². The molecule has 0 saturated heterocycles. The molecule has 3 N–H and O–H groups in total. The van der Waals surface area contributed by atoms with Gasteiger partial charge in [0.25, 0.3) is 11.4 Å². The molecule has 0 aliphatic rings. The number of aromatic nitrogens is 5. The van der Waals surface area contributed by atoms with Crippen LogP contribution in [0.25, 0.3) is 10.2 Å². The Kier molecular flexibility index (Phi) is 4.27. The number of nitrogens with two attached hydrogens (primary N) is 1. The molecule has 0 spiro atoms. The maximum absolute atomic E-state index is 12.7.